The van der Waals surface area contributed by atoms with Crippen molar-refractivity contribution in [2.45, 2.75) is 51.7 Å². The zero-order valence-electron chi connectivity index (χ0n) is 18.0. The van der Waals surface area contributed by atoms with Crippen LogP contribution in [0.15, 0.2) is 43.1 Å². The summed E-state index contributed by atoms with van der Waals surface area (Å²) < 4.78 is 17.2. The van der Waals surface area contributed by atoms with Crippen molar-refractivity contribution in [2.75, 3.05) is 11.9 Å². The standard InChI is InChI=1S/C23H27FN6O/c1-22-6-7-23(2,13-22)20(24)18(11-22)29(3)21-26-12-17(27-28-21)16-5-4-15(10-19(16)31)30-9-8-25-14-30/h4-5,8-10,12,14,18,20,31H,6-7,11,13H2,1-3H3/t18-,20-,22-,23-/m1/s1. The van der Waals surface area contributed by atoms with Gasteiger partial charge in [0.2, 0.25) is 5.95 Å². The summed E-state index contributed by atoms with van der Waals surface area (Å²) in [7, 11) is 1.85. The Bertz CT molecular complexity index is 1090. The van der Waals surface area contributed by atoms with E-state index in [-0.39, 0.29) is 22.6 Å². The molecule has 2 saturated carbocycles. The second kappa shape index (κ2) is 7.00. The first kappa shape index (κ1) is 19.9. The lowest BCUT2D eigenvalue weighted by Gasteiger charge is -2.46. The van der Waals surface area contributed by atoms with E-state index in [4.69, 9.17) is 0 Å². The third-order valence-corrected chi connectivity index (χ3v) is 7.26. The van der Waals surface area contributed by atoms with Crippen molar-refractivity contribution < 1.29 is 9.50 Å². The molecule has 1 aromatic carbocycles. The molecule has 0 radical (unpaired) electrons. The molecule has 5 rings (SSSR count). The number of phenols is 1. The lowest BCUT2D eigenvalue weighted by molar-refractivity contribution is 0.0378. The fourth-order valence-corrected chi connectivity index (χ4v) is 5.57. The minimum Gasteiger partial charge on any atom is -0.507 e. The highest BCUT2D eigenvalue weighted by Crippen LogP contribution is 2.59. The molecule has 0 unspecified atom stereocenters. The number of benzene rings is 1. The van der Waals surface area contributed by atoms with Crippen molar-refractivity contribution >= 4 is 5.95 Å². The molecule has 0 amide bonds. The number of anilines is 1. The zero-order valence-corrected chi connectivity index (χ0v) is 18.0. The monoisotopic (exact) mass is 422 g/mol. The van der Waals surface area contributed by atoms with Gasteiger partial charge in [-0.15, -0.1) is 10.2 Å². The Kier molecular flexibility index (Phi) is 4.50. The van der Waals surface area contributed by atoms with Gasteiger partial charge in [0.1, 0.15) is 17.6 Å². The van der Waals surface area contributed by atoms with Gasteiger partial charge in [-0.3, -0.25) is 0 Å². The summed E-state index contributed by atoms with van der Waals surface area (Å²) in [5, 5.41) is 19.0. The quantitative estimate of drug-likeness (QED) is 0.680. The van der Waals surface area contributed by atoms with Crippen molar-refractivity contribution in [2.24, 2.45) is 10.8 Å². The number of aromatic hydroxyl groups is 1. The van der Waals surface area contributed by atoms with Crippen molar-refractivity contribution in [3.63, 3.8) is 0 Å². The Morgan fingerprint density at radius 3 is 2.74 bits per heavy atom. The topological polar surface area (TPSA) is 80.0 Å². The highest BCUT2D eigenvalue weighted by Gasteiger charge is 2.56. The van der Waals surface area contributed by atoms with Crippen molar-refractivity contribution in [1.29, 1.82) is 0 Å². The van der Waals surface area contributed by atoms with E-state index in [1.807, 2.05) is 18.0 Å². The number of nitrogens with zero attached hydrogens (tertiary/aromatic N) is 6. The lowest BCUT2D eigenvalue weighted by Crippen LogP contribution is -2.52. The smallest absolute Gasteiger partial charge is 0.245 e. The second-order valence-corrected chi connectivity index (χ2v) is 9.74. The fraction of sp³-hybridized carbons (Fsp3) is 0.478. The molecule has 2 aliphatic rings. The van der Waals surface area contributed by atoms with Crippen molar-refractivity contribution in [3.8, 4) is 22.7 Å². The molecule has 162 valence electrons. The Balaban J connectivity index is 1.38. The van der Waals surface area contributed by atoms with Crippen LogP contribution >= 0.6 is 0 Å². The van der Waals surface area contributed by atoms with E-state index in [2.05, 4.69) is 34.0 Å². The molecule has 7 nitrogen and oxygen atoms in total. The number of hydrogen-bond donors (Lipinski definition) is 1. The Morgan fingerprint density at radius 2 is 2.06 bits per heavy atom. The molecule has 2 heterocycles. The molecule has 4 atom stereocenters. The maximum Gasteiger partial charge on any atom is 0.245 e. The number of imidazole rings is 1. The van der Waals surface area contributed by atoms with Crippen LogP contribution in [-0.4, -0.2) is 49.1 Å². The molecule has 0 spiro atoms. The van der Waals surface area contributed by atoms with Gasteiger partial charge < -0.3 is 14.6 Å². The highest BCUT2D eigenvalue weighted by atomic mass is 19.1. The number of alkyl halides is 1. The molecule has 0 saturated heterocycles. The molecule has 2 aromatic heterocycles. The van der Waals surface area contributed by atoms with Gasteiger partial charge in [0.25, 0.3) is 0 Å². The van der Waals surface area contributed by atoms with Crippen molar-refractivity contribution in [3.05, 3.63) is 43.1 Å². The third-order valence-electron chi connectivity index (χ3n) is 7.26. The molecule has 2 bridgehead atoms. The highest BCUT2D eigenvalue weighted by molar-refractivity contribution is 5.68. The van der Waals surface area contributed by atoms with Crippen LogP contribution in [-0.2, 0) is 0 Å². The Hall–Kier alpha value is -3.03. The molecule has 0 aliphatic heterocycles. The average Bonchev–Trinajstić information content (AvgIpc) is 3.38. The first-order chi connectivity index (χ1) is 14.8. The predicted molar refractivity (Wildman–Crippen MR) is 116 cm³/mol. The lowest BCUT2D eigenvalue weighted by atomic mass is 9.67. The molecule has 8 heteroatoms. The van der Waals surface area contributed by atoms with E-state index in [1.54, 1.807) is 41.6 Å². The van der Waals surface area contributed by atoms with Crippen molar-refractivity contribution in [1.82, 2.24) is 24.7 Å². The van der Waals surface area contributed by atoms with E-state index in [0.29, 0.717) is 17.2 Å². The van der Waals surface area contributed by atoms with Crippen LogP contribution in [0.2, 0.25) is 0 Å². The third kappa shape index (κ3) is 3.34. The minimum atomic E-state index is -0.920. The van der Waals surface area contributed by atoms with E-state index in [1.165, 1.54) is 0 Å². The van der Waals surface area contributed by atoms with E-state index >= 15 is 4.39 Å². The van der Waals surface area contributed by atoms with E-state index in [0.717, 1.165) is 31.4 Å². The Morgan fingerprint density at radius 1 is 1.23 bits per heavy atom. The Labute approximate surface area is 181 Å². The van der Waals surface area contributed by atoms with Crippen LogP contribution in [0, 0.1) is 10.8 Å². The first-order valence-electron chi connectivity index (χ1n) is 10.7. The first-order valence-corrected chi connectivity index (χ1v) is 10.7. The number of rotatable bonds is 4. The summed E-state index contributed by atoms with van der Waals surface area (Å²) in [6, 6.07) is 5.02. The van der Waals surface area contributed by atoms with Gasteiger partial charge >= 0.3 is 0 Å². The summed E-state index contributed by atoms with van der Waals surface area (Å²) >= 11 is 0. The number of hydrogen-bond acceptors (Lipinski definition) is 6. The van der Waals surface area contributed by atoms with Crippen LogP contribution in [0.5, 0.6) is 5.75 Å². The zero-order chi connectivity index (χ0) is 21.8. The summed E-state index contributed by atoms with van der Waals surface area (Å²) in [5.41, 5.74) is 1.69. The number of fused-ring (bicyclic) bond motifs is 2. The van der Waals surface area contributed by atoms with Gasteiger partial charge in [0.05, 0.1) is 24.3 Å². The largest absolute Gasteiger partial charge is 0.507 e. The van der Waals surface area contributed by atoms with Gasteiger partial charge in [0, 0.05) is 36.5 Å². The molecular formula is C23H27FN6O. The van der Waals surface area contributed by atoms with Gasteiger partial charge in [-0.25, -0.2) is 14.4 Å². The number of halogens is 1. The molecule has 2 aliphatic carbocycles. The summed E-state index contributed by atoms with van der Waals surface area (Å²) in [5.74, 6) is 0.483. The molecular weight excluding hydrogens is 395 g/mol. The summed E-state index contributed by atoms with van der Waals surface area (Å²) in [4.78, 5) is 10.3. The van der Waals surface area contributed by atoms with Crippen LogP contribution in [0.25, 0.3) is 16.9 Å². The normalized spacial score (nSPS) is 29.8. The summed E-state index contributed by atoms with van der Waals surface area (Å²) in [6.45, 7) is 4.34. The van der Waals surface area contributed by atoms with Gasteiger partial charge in [-0.2, -0.15) is 0 Å². The van der Waals surface area contributed by atoms with Gasteiger partial charge in [0.15, 0.2) is 0 Å². The van der Waals surface area contributed by atoms with E-state index < -0.39 is 6.17 Å². The average molecular weight is 423 g/mol. The minimum absolute atomic E-state index is 0.0805. The van der Waals surface area contributed by atoms with Gasteiger partial charge in [-0.05, 0) is 43.2 Å². The molecule has 31 heavy (non-hydrogen) atoms. The van der Waals surface area contributed by atoms with Gasteiger partial charge in [-0.1, -0.05) is 13.8 Å². The van der Waals surface area contributed by atoms with E-state index in [9.17, 15) is 5.11 Å². The molecule has 2 fully saturated rings. The predicted octanol–water partition coefficient (Wildman–Crippen LogP) is 4.17. The maximum atomic E-state index is 15.4. The molecule has 3 aromatic rings. The fourth-order valence-electron chi connectivity index (χ4n) is 5.57. The van der Waals surface area contributed by atoms with Crippen LogP contribution < -0.4 is 4.90 Å². The number of aromatic nitrogens is 5. The second-order valence-electron chi connectivity index (χ2n) is 9.74. The maximum absolute atomic E-state index is 15.4. The number of phenolic OH excluding ortho intramolecular Hbond substituents is 1. The molecule has 1 N–H and O–H groups in total. The SMILES string of the molecule is CN(c1ncc(-c2ccc(-n3ccnc3)cc2O)nn1)[C@@H]1C[C@@]2(C)CC[C@](C)(C2)[C@@H]1F. The summed E-state index contributed by atoms with van der Waals surface area (Å²) in [6.07, 6.45) is 9.54. The van der Waals surface area contributed by atoms with Crippen LogP contribution in [0.4, 0.5) is 10.3 Å². The van der Waals surface area contributed by atoms with Crippen LogP contribution in [0.1, 0.15) is 39.5 Å². The van der Waals surface area contributed by atoms with Crippen LogP contribution in [0.3, 0.4) is 0 Å².